The van der Waals surface area contributed by atoms with Gasteiger partial charge in [0, 0.05) is 6.42 Å². The number of aliphatic hydroxyl groups excluding tert-OH is 8. The number of aliphatic hydroxyl groups is 8. The highest BCUT2D eigenvalue weighted by molar-refractivity contribution is 5.76. The molecule has 0 radical (unpaired) electrons. The van der Waals surface area contributed by atoms with Gasteiger partial charge in [0.25, 0.3) is 0 Å². The molecule has 85 heavy (non-hydrogen) atoms. The molecule has 14 heteroatoms. The summed E-state index contributed by atoms with van der Waals surface area (Å²) in [7, 11) is 0. The maximum atomic E-state index is 13.3. The molecule has 0 bridgehead atoms. The van der Waals surface area contributed by atoms with Gasteiger partial charge in [-0.3, -0.25) is 4.79 Å². The van der Waals surface area contributed by atoms with Crippen LogP contribution in [0.2, 0.25) is 0 Å². The summed E-state index contributed by atoms with van der Waals surface area (Å²) in [6, 6.07) is -0.856. The van der Waals surface area contributed by atoms with Crippen molar-refractivity contribution in [1.29, 1.82) is 0 Å². The van der Waals surface area contributed by atoms with Crippen molar-refractivity contribution < 1.29 is 64.6 Å². The molecule has 9 N–H and O–H groups in total. The zero-order valence-corrected chi connectivity index (χ0v) is 52.8. The third-order valence-corrected chi connectivity index (χ3v) is 15.8. The zero-order chi connectivity index (χ0) is 61.6. The Hall–Kier alpha value is -3.35. The molecule has 0 saturated carbocycles. The lowest BCUT2D eigenvalue weighted by atomic mass is 9.97. The first-order chi connectivity index (χ1) is 41.6. The van der Waals surface area contributed by atoms with Gasteiger partial charge in [0.1, 0.15) is 48.8 Å². The van der Waals surface area contributed by atoms with Gasteiger partial charge in [-0.2, -0.15) is 0 Å². The van der Waals surface area contributed by atoms with Crippen LogP contribution in [0.15, 0.2) is 109 Å². The average Bonchev–Trinajstić information content (AvgIpc) is 3.68. The van der Waals surface area contributed by atoms with Gasteiger partial charge in [-0.25, -0.2) is 0 Å². The number of nitrogens with one attached hydrogen (secondary N) is 1. The van der Waals surface area contributed by atoms with Gasteiger partial charge in [-0.15, -0.1) is 0 Å². The molecular formula is C71H121NO13. The molecule has 2 aliphatic rings. The fourth-order valence-electron chi connectivity index (χ4n) is 10.4. The largest absolute Gasteiger partial charge is 0.394 e. The second-order valence-electron chi connectivity index (χ2n) is 23.2. The number of ether oxygens (including phenoxy) is 4. The summed E-state index contributed by atoms with van der Waals surface area (Å²) >= 11 is 0. The molecular weight excluding hydrogens is 1070 g/mol. The number of unbranched alkanes of at least 4 members (excludes halogenated alkanes) is 22. The van der Waals surface area contributed by atoms with Crippen LogP contribution in [0.3, 0.4) is 0 Å². The number of carbonyl (C=O) groups is 1. The Kier molecular flexibility index (Phi) is 50.1. The van der Waals surface area contributed by atoms with E-state index in [9.17, 15) is 45.6 Å². The Labute approximate surface area is 515 Å². The Morgan fingerprint density at radius 1 is 0.435 bits per heavy atom. The summed E-state index contributed by atoms with van der Waals surface area (Å²) in [5.74, 6) is -0.241. The normalized spacial score (nSPS) is 24.3. The molecule has 12 unspecified atom stereocenters. The van der Waals surface area contributed by atoms with E-state index in [2.05, 4.69) is 129 Å². The van der Waals surface area contributed by atoms with Gasteiger partial charge in [0.2, 0.25) is 5.91 Å². The van der Waals surface area contributed by atoms with Gasteiger partial charge < -0.3 is 65.1 Å². The number of amides is 1. The van der Waals surface area contributed by atoms with E-state index < -0.39 is 86.8 Å². The van der Waals surface area contributed by atoms with Crippen LogP contribution in [-0.4, -0.2) is 140 Å². The smallest absolute Gasteiger partial charge is 0.220 e. The lowest BCUT2D eigenvalue weighted by Gasteiger charge is -2.46. The van der Waals surface area contributed by atoms with Gasteiger partial charge in [-0.05, 0) is 83.5 Å². The first-order valence-corrected chi connectivity index (χ1v) is 33.6. The molecule has 0 spiro atoms. The van der Waals surface area contributed by atoms with Crippen LogP contribution in [0.25, 0.3) is 0 Å². The van der Waals surface area contributed by atoms with E-state index in [0.29, 0.717) is 12.8 Å². The summed E-state index contributed by atoms with van der Waals surface area (Å²) in [6.45, 7) is 2.73. The minimum absolute atomic E-state index is 0.241. The molecule has 2 heterocycles. The van der Waals surface area contributed by atoms with E-state index in [0.717, 1.165) is 103 Å². The van der Waals surface area contributed by atoms with Gasteiger partial charge in [0.15, 0.2) is 12.6 Å². The van der Waals surface area contributed by atoms with Crippen LogP contribution in [0.4, 0.5) is 0 Å². The minimum Gasteiger partial charge on any atom is -0.394 e. The lowest BCUT2D eigenvalue weighted by Crippen LogP contribution is -2.65. The van der Waals surface area contributed by atoms with Crippen molar-refractivity contribution in [3.8, 4) is 0 Å². The van der Waals surface area contributed by atoms with Crippen LogP contribution < -0.4 is 5.32 Å². The second kappa shape index (κ2) is 54.8. The average molecular weight is 1200 g/mol. The fourth-order valence-corrected chi connectivity index (χ4v) is 10.4. The van der Waals surface area contributed by atoms with Crippen LogP contribution in [0.1, 0.15) is 239 Å². The molecule has 488 valence electrons. The summed E-state index contributed by atoms with van der Waals surface area (Å²) in [5, 5.41) is 87.5. The SMILES string of the molecule is CC/C=C\C/C=C\C/C=C\C/C=C\C/C=C\C/C=C\C/C=C\C/C=C\C/C=C\CCCCCC(=O)NC(COC1OC(CO)C(OC2OC(CO)C(O)C(O)C2O)C(O)C1O)C(O)CCCCCCCCCCCCCCCCCCCCCC. The highest BCUT2D eigenvalue weighted by Gasteiger charge is 2.51. The molecule has 2 rings (SSSR count). The second-order valence-corrected chi connectivity index (χ2v) is 23.2. The van der Waals surface area contributed by atoms with E-state index >= 15 is 0 Å². The molecule has 1 amide bonds. The fraction of sp³-hybridized carbons (Fsp3) is 0.732. The van der Waals surface area contributed by atoms with Crippen molar-refractivity contribution in [2.24, 2.45) is 0 Å². The maximum absolute atomic E-state index is 13.3. The Balaban J connectivity index is 1.72. The molecule has 14 nitrogen and oxygen atoms in total. The monoisotopic (exact) mass is 1200 g/mol. The molecule has 0 aromatic heterocycles. The van der Waals surface area contributed by atoms with Crippen LogP contribution in [0.5, 0.6) is 0 Å². The Morgan fingerprint density at radius 3 is 1.24 bits per heavy atom. The van der Waals surface area contributed by atoms with Crippen molar-refractivity contribution in [3.63, 3.8) is 0 Å². The van der Waals surface area contributed by atoms with Gasteiger partial charge in [-0.1, -0.05) is 258 Å². The van der Waals surface area contributed by atoms with Gasteiger partial charge >= 0.3 is 0 Å². The van der Waals surface area contributed by atoms with Crippen molar-refractivity contribution in [2.45, 2.75) is 312 Å². The first-order valence-electron chi connectivity index (χ1n) is 33.6. The third-order valence-electron chi connectivity index (χ3n) is 15.8. The summed E-state index contributed by atoms with van der Waals surface area (Å²) in [6.07, 6.45) is 60.8. The van der Waals surface area contributed by atoms with Crippen LogP contribution >= 0.6 is 0 Å². The molecule has 2 saturated heterocycles. The molecule has 0 aromatic rings. The maximum Gasteiger partial charge on any atom is 0.220 e. The molecule has 0 aliphatic carbocycles. The van der Waals surface area contributed by atoms with Crippen LogP contribution in [0, 0.1) is 0 Å². The molecule has 2 aliphatic heterocycles. The van der Waals surface area contributed by atoms with E-state index in [-0.39, 0.29) is 18.9 Å². The minimum atomic E-state index is -1.79. The third kappa shape index (κ3) is 39.3. The Morgan fingerprint density at radius 2 is 0.812 bits per heavy atom. The predicted molar refractivity (Wildman–Crippen MR) is 345 cm³/mol. The molecule has 12 atom stereocenters. The predicted octanol–water partition coefficient (Wildman–Crippen LogP) is 13.2. The molecule has 2 fully saturated rings. The van der Waals surface area contributed by atoms with Crippen molar-refractivity contribution in [1.82, 2.24) is 5.32 Å². The topological polar surface area (TPSA) is 228 Å². The van der Waals surface area contributed by atoms with Crippen molar-refractivity contribution >= 4 is 5.91 Å². The number of carbonyl (C=O) groups excluding carboxylic acids is 1. The number of hydrogen-bond acceptors (Lipinski definition) is 13. The standard InChI is InChI=1S/C71H121NO13/c1-3-5-7-9-11-13-15-17-19-21-23-25-26-27-28-29-30-31-32-33-34-35-37-39-41-43-45-47-49-51-53-55-63(76)72-59(60(75)54-52-50-48-46-44-42-40-38-36-24-22-20-18-16-14-12-10-8-6-4-2)58-82-70-68(81)66(79)69(62(57-74)84-70)85-71-67(80)65(78)64(77)61(56-73)83-71/h5,7,11,13,17,19,23,25,27-28,30-31,33-34,37,39,43,45,59-62,64-71,73-75,77-81H,3-4,6,8-10,12,14-16,18,20-22,24,26,29,32,35-36,38,40-42,44,46-58H2,1-2H3,(H,72,76)/b7-5-,13-11-,19-17-,25-23-,28-27-,31-30-,34-33-,39-37-,45-43-. The Bertz CT molecular complexity index is 1840. The summed E-state index contributed by atoms with van der Waals surface area (Å²) in [4.78, 5) is 13.3. The van der Waals surface area contributed by atoms with E-state index in [1.54, 1.807) is 0 Å². The highest BCUT2D eigenvalue weighted by Crippen LogP contribution is 2.30. The summed E-state index contributed by atoms with van der Waals surface area (Å²) in [5.41, 5.74) is 0. The van der Waals surface area contributed by atoms with E-state index in [1.165, 1.54) is 103 Å². The van der Waals surface area contributed by atoms with Gasteiger partial charge in [0.05, 0.1) is 32.0 Å². The lowest BCUT2D eigenvalue weighted by molar-refractivity contribution is -0.359. The van der Waals surface area contributed by atoms with Crippen molar-refractivity contribution in [2.75, 3.05) is 19.8 Å². The highest BCUT2D eigenvalue weighted by atomic mass is 16.7. The quantitative estimate of drug-likeness (QED) is 0.0204. The summed E-state index contributed by atoms with van der Waals surface area (Å²) < 4.78 is 22.9. The number of rotatable bonds is 53. The van der Waals surface area contributed by atoms with Crippen molar-refractivity contribution in [3.05, 3.63) is 109 Å². The number of hydrogen-bond donors (Lipinski definition) is 9. The van der Waals surface area contributed by atoms with Crippen LogP contribution in [-0.2, 0) is 23.7 Å². The number of allylic oxidation sites excluding steroid dienone is 18. The first kappa shape index (κ1) is 77.7. The zero-order valence-electron chi connectivity index (χ0n) is 52.8. The van der Waals surface area contributed by atoms with E-state index in [4.69, 9.17) is 18.9 Å². The van der Waals surface area contributed by atoms with E-state index in [1.807, 2.05) is 0 Å². The molecule has 0 aromatic carbocycles.